The molecule has 20 heavy (non-hydrogen) atoms. The Balaban J connectivity index is 1.98. The number of carbonyl (C=O) groups is 1. The number of aromatic nitrogens is 3. The van der Waals surface area contributed by atoms with Gasteiger partial charge >= 0.3 is 5.97 Å². The number of methoxy groups -OCH3 is 1. The number of hydrogen-bond acceptors (Lipinski definition) is 6. The Morgan fingerprint density at radius 1 is 1.45 bits per heavy atom. The van der Waals surface area contributed by atoms with Gasteiger partial charge < -0.3 is 14.3 Å². The second kappa shape index (κ2) is 4.78. The van der Waals surface area contributed by atoms with E-state index in [9.17, 15) is 9.90 Å². The lowest BCUT2D eigenvalue weighted by molar-refractivity contribution is 0.0558. The van der Waals surface area contributed by atoms with E-state index >= 15 is 0 Å². The van der Waals surface area contributed by atoms with Gasteiger partial charge in [-0.05, 0) is 12.1 Å². The van der Waals surface area contributed by atoms with Crippen molar-refractivity contribution in [3.8, 4) is 0 Å². The van der Waals surface area contributed by atoms with Crippen LogP contribution in [-0.2, 0) is 4.74 Å². The van der Waals surface area contributed by atoms with Crippen molar-refractivity contribution in [3.05, 3.63) is 54.0 Å². The zero-order valence-electron chi connectivity index (χ0n) is 10.6. The molecule has 0 bridgehead atoms. The average molecular weight is 273 g/mol. The van der Waals surface area contributed by atoms with Crippen molar-refractivity contribution in [1.82, 2.24) is 14.6 Å². The third-order valence-electron chi connectivity index (χ3n) is 2.93. The van der Waals surface area contributed by atoms with E-state index in [0.717, 1.165) is 0 Å². The molecule has 0 amide bonds. The summed E-state index contributed by atoms with van der Waals surface area (Å²) < 4.78 is 11.4. The molecule has 0 aromatic carbocycles. The lowest BCUT2D eigenvalue weighted by atomic mass is 10.1. The molecule has 7 heteroatoms. The number of hydrogen-bond donors (Lipinski definition) is 1. The number of fused-ring (bicyclic) bond motifs is 1. The molecule has 1 unspecified atom stereocenters. The van der Waals surface area contributed by atoms with E-state index < -0.39 is 12.1 Å². The van der Waals surface area contributed by atoms with E-state index in [1.54, 1.807) is 23.1 Å². The highest BCUT2D eigenvalue weighted by molar-refractivity contribution is 5.86. The van der Waals surface area contributed by atoms with Crippen LogP contribution in [0.1, 0.15) is 28.0 Å². The molecule has 3 aromatic heterocycles. The number of carbonyl (C=O) groups excluding carboxylic acids is 1. The minimum absolute atomic E-state index is 0.0381. The average Bonchev–Trinajstić information content (AvgIpc) is 3.12. The number of aliphatic hydroxyl groups is 1. The second-order valence-electron chi connectivity index (χ2n) is 4.10. The fourth-order valence-electron chi connectivity index (χ4n) is 1.93. The zero-order valence-corrected chi connectivity index (χ0v) is 10.6. The lowest BCUT2D eigenvalue weighted by Gasteiger charge is -2.05. The summed E-state index contributed by atoms with van der Waals surface area (Å²) in [7, 11) is 1.26. The first-order valence-electron chi connectivity index (χ1n) is 5.84. The maximum absolute atomic E-state index is 11.3. The third kappa shape index (κ3) is 1.94. The van der Waals surface area contributed by atoms with E-state index in [2.05, 4.69) is 14.8 Å². The summed E-state index contributed by atoms with van der Waals surface area (Å²) in [4.78, 5) is 15.3. The van der Waals surface area contributed by atoms with E-state index in [4.69, 9.17) is 4.42 Å². The maximum Gasteiger partial charge on any atom is 0.373 e. The number of aliphatic hydroxyl groups excluding tert-OH is 1. The Bertz CT molecular complexity index is 762. The molecule has 3 rings (SSSR count). The summed E-state index contributed by atoms with van der Waals surface area (Å²) in [5.74, 6) is -0.315. The van der Waals surface area contributed by atoms with Crippen molar-refractivity contribution in [2.75, 3.05) is 7.11 Å². The molecular weight excluding hydrogens is 262 g/mol. The molecule has 0 aliphatic carbocycles. The molecular formula is C13H11N3O4. The highest BCUT2D eigenvalue weighted by atomic mass is 16.5. The van der Waals surface area contributed by atoms with E-state index in [1.807, 2.05) is 0 Å². The van der Waals surface area contributed by atoms with Crippen LogP contribution >= 0.6 is 0 Å². The van der Waals surface area contributed by atoms with Crippen LogP contribution in [0.3, 0.4) is 0 Å². The van der Waals surface area contributed by atoms with Gasteiger partial charge in [0.15, 0.2) is 0 Å². The predicted molar refractivity (Wildman–Crippen MR) is 67.1 cm³/mol. The van der Waals surface area contributed by atoms with Gasteiger partial charge in [0.2, 0.25) is 5.76 Å². The standard InChI is InChI=1S/C13H11N3O4/c1-19-13(18)11-3-2-10(20-11)12(17)8-6-15-16-5-4-14-7-9(8)16/h2-7,12,17H,1H3. The summed E-state index contributed by atoms with van der Waals surface area (Å²) in [5.41, 5.74) is 1.21. The number of nitrogens with zero attached hydrogens (tertiary/aromatic N) is 3. The highest BCUT2D eigenvalue weighted by Crippen LogP contribution is 2.26. The second-order valence-corrected chi connectivity index (χ2v) is 4.10. The van der Waals surface area contributed by atoms with Crippen molar-refractivity contribution in [3.63, 3.8) is 0 Å². The summed E-state index contributed by atoms with van der Waals surface area (Å²) >= 11 is 0. The van der Waals surface area contributed by atoms with Gasteiger partial charge in [-0.2, -0.15) is 5.10 Å². The molecule has 0 saturated heterocycles. The molecule has 0 saturated carbocycles. The SMILES string of the molecule is COC(=O)c1ccc(C(O)c2cnn3ccncc23)o1. The predicted octanol–water partition coefficient (Wildman–Crippen LogP) is 1.19. The van der Waals surface area contributed by atoms with Gasteiger partial charge in [-0.1, -0.05) is 0 Å². The van der Waals surface area contributed by atoms with Gasteiger partial charge in [0.1, 0.15) is 11.9 Å². The van der Waals surface area contributed by atoms with E-state index in [-0.39, 0.29) is 11.5 Å². The fraction of sp³-hybridized carbons (Fsp3) is 0.154. The molecule has 7 nitrogen and oxygen atoms in total. The van der Waals surface area contributed by atoms with Crippen LogP contribution in [0.4, 0.5) is 0 Å². The molecule has 0 fully saturated rings. The highest BCUT2D eigenvalue weighted by Gasteiger charge is 2.21. The molecule has 102 valence electrons. The first kappa shape index (κ1) is 12.4. The number of esters is 1. The van der Waals surface area contributed by atoms with Crippen molar-refractivity contribution in [2.24, 2.45) is 0 Å². The Kier molecular flexibility index (Phi) is 2.96. The van der Waals surface area contributed by atoms with E-state index in [0.29, 0.717) is 11.1 Å². The van der Waals surface area contributed by atoms with Crippen LogP contribution in [-0.4, -0.2) is 32.8 Å². The zero-order chi connectivity index (χ0) is 14.1. The summed E-state index contributed by atoms with van der Waals surface area (Å²) in [6.07, 6.45) is 5.36. The Hall–Kier alpha value is -2.67. The molecule has 3 aromatic rings. The van der Waals surface area contributed by atoms with Crippen LogP contribution in [0.25, 0.3) is 5.52 Å². The van der Waals surface area contributed by atoms with Gasteiger partial charge in [-0.3, -0.25) is 4.98 Å². The molecule has 0 aliphatic rings. The summed E-state index contributed by atoms with van der Waals surface area (Å²) in [6, 6.07) is 2.98. The Morgan fingerprint density at radius 3 is 3.10 bits per heavy atom. The largest absolute Gasteiger partial charge is 0.463 e. The number of rotatable bonds is 3. The van der Waals surface area contributed by atoms with Crippen molar-refractivity contribution >= 4 is 11.5 Å². The summed E-state index contributed by atoms with van der Waals surface area (Å²) in [6.45, 7) is 0. The first-order valence-corrected chi connectivity index (χ1v) is 5.84. The lowest BCUT2D eigenvalue weighted by Crippen LogP contribution is -2.00. The van der Waals surface area contributed by atoms with Crippen molar-refractivity contribution in [1.29, 1.82) is 0 Å². The van der Waals surface area contributed by atoms with Crippen LogP contribution in [0.2, 0.25) is 0 Å². The molecule has 0 radical (unpaired) electrons. The van der Waals surface area contributed by atoms with Crippen LogP contribution in [0, 0.1) is 0 Å². The maximum atomic E-state index is 11.3. The molecule has 0 spiro atoms. The normalized spacial score (nSPS) is 12.5. The van der Waals surface area contributed by atoms with Gasteiger partial charge in [-0.25, -0.2) is 9.31 Å². The number of furan rings is 1. The fourth-order valence-corrected chi connectivity index (χ4v) is 1.93. The van der Waals surface area contributed by atoms with Crippen LogP contribution in [0.15, 0.2) is 41.3 Å². The molecule has 1 N–H and O–H groups in total. The smallest absolute Gasteiger partial charge is 0.373 e. The van der Waals surface area contributed by atoms with E-state index in [1.165, 1.54) is 25.4 Å². The third-order valence-corrected chi connectivity index (χ3v) is 2.93. The monoisotopic (exact) mass is 273 g/mol. The van der Waals surface area contributed by atoms with Crippen LogP contribution in [0.5, 0.6) is 0 Å². The van der Waals surface area contributed by atoms with Gasteiger partial charge in [-0.15, -0.1) is 0 Å². The molecule has 3 heterocycles. The topological polar surface area (TPSA) is 89.9 Å². The van der Waals surface area contributed by atoms with Crippen LogP contribution < -0.4 is 0 Å². The van der Waals surface area contributed by atoms with Gasteiger partial charge in [0, 0.05) is 18.0 Å². The van der Waals surface area contributed by atoms with Gasteiger partial charge in [0.05, 0.1) is 25.0 Å². The molecule has 1 atom stereocenters. The Labute approximate surface area is 113 Å². The minimum atomic E-state index is -1.03. The first-order chi connectivity index (χ1) is 9.70. The van der Waals surface area contributed by atoms with Crippen molar-refractivity contribution in [2.45, 2.75) is 6.10 Å². The summed E-state index contributed by atoms with van der Waals surface area (Å²) in [5, 5.41) is 14.4. The Morgan fingerprint density at radius 2 is 2.30 bits per heavy atom. The quantitative estimate of drug-likeness (QED) is 0.721. The molecule has 0 aliphatic heterocycles. The minimum Gasteiger partial charge on any atom is -0.463 e. The number of ether oxygens (including phenoxy) is 1. The van der Waals surface area contributed by atoms with Crippen molar-refractivity contribution < 1.29 is 19.1 Å². The van der Waals surface area contributed by atoms with Gasteiger partial charge in [0.25, 0.3) is 0 Å².